The molecule has 1 N–H and O–H groups in total. The summed E-state index contributed by atoms with van der Waals surface area (Å²) >= 11 is 3.75. The molecule has 2 atom stereocenters. The Morgan fingerprint density at radius 1 is 1.21 bits per heavy atom. The van der Waals surface area contributed by atoms with E-state index >= 15 is 0 Å². The molecule has 0 heterocycles. The van der Waals surface area contributed by atoms with E-state index in [0.717, 1.165) is 25.7 Å². The lowest BCUT2D eigenvalue weighted by Crippen LogP contribution is -2.49. The molecule has 0 aromatic heterocycles. The van der Waals surface area contributed by atoms with Gasteiger partial charge in [-0.05, 0) is 38.0 Å². The van der Waals surface area contributed by atoms with Crippen molar-refractivity contribution in [2.45, 2.75) is 82.5 Å². The van der Waals surface area contributed by atoms with Crippen LogP contribution in [-0.2, 0) is 4.79 Å². The van der Waals surface area contributed by atoms with Gasteiger partial charge in [0.05, 0.1) is 0 Å². The number of alkyl halides is 1. The lowest BCUT2D eigenvalue weighted by atomic mass is 9.77. The molecule has 0 spiro atoms. The van der Waals surface area contributed by atoms with Crippen molar-refractivity contribution in [1.29, 1.82) is 0 Å². The van der Waals surface area contributed by atoms with Gasteiger partial charge in [0.2, 0.25) is 5.91 Å². The maximum absolute atomic E-state index is 12.8. The number of nitrogens with one attached hydrogen (secondary N) is 1. The summed E-state index contributed by atoms with van der Waals surface area (Å²) in [6.07, 6.45) is 10.6. The average Bonchev–Trinajstić information content (AvgIpc) is 2.81. The molecular formula is C16H28BrNO. The maximum atomic E-state index is 12.8. The number of rotatable bonds is 4. The molecule has 0 aromatic carbocycles. The van der Waals surface area contributed by atoms with E-state index in [-0.39, 0.29) is 5.41 Å². The van der Waals surface area contributed by atoms with Crippen molar-refractivity contribution in [2.75, 3.05) is 0 Å². The predicted molar refractivity (Wildman–Crippen MR) is 83.5 cm³/mol. The van der Waals surface area contributed by atoms with Crippen LogP contribution in [0.1, 0.15) is 71.6 Å². The topological polar surface area (TPSA) is 29.1 Å². The van der Waals surface area contributed by atoms with Crippen molar-refractivity contribution < 1.29 is 4.79 Å². The normalized spacial score (nSPS) is 30.5. The molecule has 0 aromatic rings. The first-order valence-electron chi connectivity index (χ1n) is 7.98. The van der Waals surface area contributed by atoms with Crippen LogP contribution in [0.4, 0.5) is 0 Å². The van der Waals surface area contributed by atoms with E-state index < -0.39 is 0 Å². The maximum Gasteiger partial charge on any atom is 0.226 e. The zero-order valence-electron chi connectivity index (χ0n) is 12.4. The van der Waals surface area contributed by atoms with Gasteiger partial charge in [0.1, 0.15) is 0 Å². The Bertz CT molecular complexity index is 310. The van der Waals surface area contributed by atoms with Gasteiger partial charge in [0.25, 0.3) is 0 Å². The van der Waals surface area contributed by atoms with Gasteiger partial charge >= 0.3 is 0 Å². The minimum atomic E-state index is -0.0572. The SMILES string of the molecule is CC(C)CC1(C(=O)NC2CCCCC2Br)CCCC1. The fourth-order valence-corrected chi connectivity index (χ4v) is 4.65. The lowest BCUT2D eigenvalue weighted by Gasteiger charge is -2.35. The highest BCUT2D eigenvalue weighted by Gasteiger charge is 2.42. The molecule has 0 saturated heterocycles. The predicted octanol–water partition coefficient (Wildman–Crippen LogP) is 4.42. The van der Waals surface area contributed by atoms with E-state index in [4.69, 9.17) is 0 Å². The van der Waals surface area contributed by atoms with E-state index in [1.165, 1.54) is 32.1 Å². The summed E-state index contributed by atoms with van der Waals surface area (Å²) < 4.78 is 0. The fourth-order valence-electron chi connectivity index (χ4n) is 3.93. The van der Waals surface area contributed by atoms with Crippen LogP contribution in [0.5, 0.6) is 0 Å². The average molecular weight is 330 g/mol. The van der Waals surface area contributed by atoms with Gasteiger partial charge in [0.15, 0.2) is 0 Å². The van der Waals surface area contributed by atoms with Gasteiger partial charge in [-0.25, -0.2) is 0 Å². The first-order chi connectivity index (χ1) is 9.03. The Hall–Kier alpha value is -0.0500. The quantitative estimate of drug-likeness (QED) is 0.760. The van der Waals surface area contributed by atoms with Crippen molar-refractivity contribution in [3.8, 4) is 0 Å². The monoisotopic (exact) mass is 329 g/mol. The Morgan fingerprint density at radius 2 is 1.84 bits per heavy atom. The standard InChI is InChI=1S/C16H28BrNO/c1-12(2)11-16(9-5-6-10-16)15(19)18-14-8-4-3-7-13(14)17/h12-14H,3-11H2,1-2H3,(H,18,19). The molecule has 2 aliphatic rings. The first-order valence-corrected chi connectivity index (χ1v) is 8.90. The summed E-state index contributed by atoms with van der Waals surface area (Å²) in [5.41, 5.74) is -0.0572. The number of amides is 1. The Kier molecular flexibility index (Phi) is 5.33. The van der Waals surface area contributed by atoms with Crippen LogP contribution in [0, 0.1) is 11.3 Å². The number of hydrogen-bond acceptors (Lipinski definition) is 1. The minimum Gasteiger partial charge on any atom is -0.352 e. The van der Waals surface area contributed by atoms with Gasteiger partial charge < -0.3 is 5.32 Å². The molecule has 2 aliphatic carbocycles. The zero-order chi connectivity index (χ0) is 13.9. The summed E-state index contributed by atoms with van der Waals surface area (Å²) in [5, 5.41) is 3.37. The molecule has 110 valence electrons. The molecule has 0 bridgehead atoms. The summed E-state index contributed by atoms with van der Waals surface area (Å²) in [4.78, 5) is 13.3. The third-order valence-corrected chi connectivity index (χ3v) is 5.94. The van der Waals surface area contributed by atoms with E-state index in [2.05, 4.69) is 35.1 Å². The Labute approximate surface area is 126 Å². The minimum absolute atomic E-state index is 0.0572. The molecule has 2 nitrogen and oxygen atoms in total. The third kappa shape index (κ3) is 3.74. The summed E-state index contributed by atoms with van der Waals surface area (Å²) in [5.74, 6) is 0.949. The largest absolute Gasteiger partial charge is 0.352 e. The van der Waals surface area contributed by atoms with Crippen LogP contribution < -0.4 is 5.32 Å². The van der Waals surface area contributed by atoms with Crippen LogP contribution >= 0.6 is 15.9 Å². The van der Waals surface area contributed by atoms with Crippen LogP contribution in [0.2, 0.25) is 0 Å². The van der Waals surface area contributed by atoms with Crippen molar-refractivity contribution in [2.24, 2.45) is 11.3 Å². The van der Waals surface area contributed by atoms with Crippen molar-refractivity contribution >= 4 is 21.8 Å². The molecule has 0 aliphatic heterocycles. The first kappa shape index (κ1) is 15.3. The van der Waals surface area contributed by atoms with Gasteiger partial charge in [-0.2, -0.15) is 0 Å². The van der Waals surface area contributed by atoms with Crippen LogP contribution in [0.25, 0.3) is 0 Å². The number of carbonyl (C=O) groups is 1. The third-order valence-electron chi connectivity index (χ3n) is 4.84. The van der Waals surface area contributed by atoms with Crippen molar-refractivity contribution in [3.63, 3.8) is 0 Å². The Morgan fingerprint density at radius 3 is 2.42 bits per heavy atom. The lowest BCUT2D eigenvalue weighted by molar-refractivity contribution is -0.132. The number of carbonyl (C=O) groups excluding carboxylic acids is 1. The summed E-state index contributed by atoms with van der Waals surface area (Å²) in [6.45, 7) is 4.47. The van der Waals surface area contributed by atoms with E-state index in [9.17, 15) is 4.79 Å². The van der Waals surface area contributed by atoms with E-state index in [0.29, 0.717) is 22.7 Å². The number of hydrogen-bond donors (Lipinski definition) is 1. The second-order valence-corrected chi connectivity index (χ2v) is 8.14. The summed E-state index contributed by atoms with van der Waals surface area (Å²) in [6, 6.07) is 0.353. The smallest absolute Gasteiger partial charge is 0.226 e. The number of halogens is 1. The molecule has 2 fully saturated rings. The van der Waals surface area contributed by atoms with Crippen molar-refractivity contribution in [1.82, 2.24) is 5.32 Å². The van der Waals surface area contributed by atoms with Crippen LogP contribution in [-0.4, -0.2) is 16.8 Å². The van der Waals surface area contributed by atoms with Gasteiger partial charge in [-0.1, -0.05) is 55.5 Å². The van der Waals surface area contributed by atoms with E-state index in [1.54, 1.807) is 0 Å². The molecule has 0 radical (unpaired) electrons. The highest BCUT2D eigenvalue weighted by molar-refractivity contribution is 9.09. The zero-order valence-corrected chi connectivity index (χ0v) is 14.0. The second-order valence-electron chi connectivity index (χ2n) is 6.97. The van der Waals surface area contributed by atoms with Crippen LogP contribution in [0.15, 0.2) is 0 Å². The highest BCUT2D eigenvalue weighted by atomic mass is 79.9. The molecule has 19 heavy (non-hydrogen) atoms. The van der Waals surface area contributed by atoms with Gasteiger partial charge in [0, 0.05) is 16.3 Å². The molecule has 1 amide bonds. The molecule has 2 saturated carbocycles. The summed E-state index contributed by atoms with van der Waals surface area (Å²) in [7, 11) is 0. The van der Waals surface area contributed by atoms with E-state index in [1.807, 2.05) is 0 Å². The molecule has 2 rings (SSSR count). The molecular weight excluding hydrogens is 302 g/mol. The van der Waals surface area contributed by atoms with Gasteiger partial charge in [-0.15, -0.1) is 0 Å². The Balaban J connectivity index is 1.99. The second kappa shape index (κ2) is 6.60. The molecule has 2 unspecified atom stereocenters. The fraction of sp³-hybridized carbons (Fsp3) is 0.938. The van der Waals surface area contributed by atoms with Crippen LogP contribution in [0.3, 0.4) is 0 Å². The van der Waals surface area contributed by atoms with Gasteiger partial charge in [-0.3, -0.25) is 4.79 Å². The molecule has 3 heteroatoms. The highest BCUT2D eigenvalue weighted by Crippen LogP contribution is 2.43. The van der Waals surface area contributed by atoms with Crippen molar-refractivity contribution in [3.05, 3.63) is 0 Å².